The quantitative estimate of drug-likeness (QED) is 0.898. The lowest BCUT2D eigenvalue weighted by atomic mass is 10.0. The van der Waals surface area contributed by atoms with Gasteiger partial charge in [0.15, 0.2) is 0 Å². The highest BCUT2D eigenvalue weighted by atomic mass is 16.5. The van der Waals surface area contributed by atoms with Crippen LogP contribution in [0.2, 0.25) is 0 Å². The molecule has 1 atom stereocenters. The average molecular weight is 286 g/mol. The Kier molecular flexibility index (Phi) is 3.96. The topological polar surface area (TPSA) is 76.1 Å². The Balaban J connectivity index is 1.87. The monoisotopic (exact) mass is 286 g/mol. The third kappa shape index (κ3) is 2.95. The predicted octanol–water partition coefficient (Wildman–Crippen LogP) is 1.72. The minimum Gasteiger partial charge on any atom is -0.481 e. The molecule has 1 aliphatic rings. The van der Waals surface area contributed by atoms with E-state index in [1.54, 1.807) is 25.4 Å². The van der Waals surface area contributed by atoms with E-state index in [-0.39, 0.29) is 11.9 Å². The molecule has 0 bridgehead atoms. The number of aromatic nitrogens is 2. The molecule has 2 N–H and O–H groups in total. The molecule has 6 heteroatoms. The standard InChI is InChI=1S/C15H18N4O2/c1-21-13-6-5-10-14(19-13)11(7-9-17-10)18-15(20)12-4-2-3-8-16-12/h5-7,9,12,16H,2-4,8H2,1H3,(H,17,18,20). The van der Waals surface area contributed by atoms with Crippen LogP contribution in [0.15, 0.2) is 24.4 Å². The van der Waals surface area contributed by atoms with Crippen molar-refractivity contribution >= 4 is 22.6 Å². The van der Waals surface area contributed by atoms with Crippen molar-refractivity contribution < 1.29 is 9.53 Å². The van der Waals surface area contributed by atoms with Gasteiger partial charge in [-0.3, -0.25) is 9.78 Å². The normalized spacial score (nSPS) is 18.4. The molecule has 0 radical (unpaired) electrons. The van der Waals surface area contributed by atoms with E-state index < -0.39 is 0 Å². The maximum absolute atomic E-state index is 12.3. The van der Waals surface area contributed by atoms with Crippen LogP contribution in [-0.2, 0) is 4.79 Å². The number of ether oxygens (including phenoxy) is 1. The van der Waals surface area contributed by atoms with E-state index in [0.717, 1.165) is 31.3 Å². The smallest absolute Gasteiger partial charge is 0.241 e. The molecule has 1 fully saturated rings. The first-order chi connectivity index (χ1) is 10.3. The molecule has 1 aliphatic heterocycles. The van der Waals surface area contributed by atoms with Gasteiger partial charge in [0.05, 0.1) is 24.4 Å². The Labute approximate surface area is 122 Å². The van der Waals surface area contributed by atoms with Crippen molar-refractivity contribution in [3.8, 4) is 5.88 Å². The number of hydrogen-bond donors (Lipinski definition) is 2. The zero-order chi connectivity index (χ0) is 14.7. The number of carbonyl (C=O) groups is 1. The van der Waals surface area contributed by atoms with Crippen molar-refractivity contribution in [2.45, 2.75) is 25.3 Å². The Morgan fingerprint density at radius 2 is 2.29 bits per heavy atom. The Morgan fingerprint density at radius 3 is 3.05 bits per heavy atom. The summed E-state index contributed by atoms with van der Waals surface area (Å²) in [7, 11) is 1.56. The summed E-state index contributed by atoms with van der Waals surface area (Å²) in [5, 5.41) is 6.18. The highest BCUT2D eigenvalue weighted by Gasteiger charge is 2.21. The molecular formula is C15H18N4O2. The molecule has 2 aromatic rings. The third-order valence-corrected chi connectivity index (χ3v) is 3.65. The summed E-state index contributed by atoms with van der Waals surface area (Å²) in [6, 6.07) is 5.21. The lowest BCUT2D eigenvalue weighted by Crippen LogP contribution is -2.43. The molecule has 3 heterocycles. The Hall–Kier alpha value is -2.21. The lowest BCUT2D eigenvalue weighted by Gasteiger charge is -2.22. The van der Waals surface area contributed by atoms with Gasteiger partial charge in [0.1, 0.15) is 5.52 Å². The van der Waals surface area contributed by atoms with Crippen LogP contribution in [0.5, 0.6) is 5.88 Å². The summed E-state index contributed by atoms with van der Waals surface area (Å²) < 4.78 is 5.13. The van der Waals surface area contributed by atoms with E-state index in [9.17, 15) is 4.79 Å². The molecule has 0 spiro atoms. The van der Waals surface area contributed by atoms with Gasteiger partial charge in [0, 0.05) is 12.3 Å². The van der Waals surface area contributed by atoms with Crippen molar-refractivity contribution in [1.29, 1.82) is 0 Å². The molecule has 1 unspecified atom stereocenters. The number of fused-ring (bicyclic) bond motifs is 1. The third-order valence-electron chi connectivity index (χ3n) is 3.65. The number of pyridine rings is 2. The van der Waals surface area contributed by atoms with E-state index in [2.05, 4.69) is 20.6 Å². The largest absolute Gasteiger partial charge is 0.481 e. The van der Waals surface area contributed by atoms with Gasteiger partial charge in [-0.2, -0.15) is 0 Å². The van der Waals surface area contributed by atoms with Crippen LogP contribution >= 0.6 is 0 Å². The van der Waals surface area contributed by atoms with Crippen molar-refractivity contribution in [3.05, 3.63) is 24.4 Å². The number of anilines is 1. The fourth-order valence-electron chi connectivity index (χ4n) is 2.52. The lowest BCUT2D eigenvalue weighted by molar-refractivity contribution is -0.118. The van der Waals surface area contributed by atoms with Crippen LogP contribution in [-0.4, -0.2) is 35.6 Å². The second kappa shape index (κ2) is 6.05. The molecule has 110 valence electrons. The molecular weight excluding hydrogens is 268 g/mol. The molecule has 0 aliphatic carbocycles. The first-order valence-electron chi connectivity index (χ1n) is 7.12. The van der Waals surface area contributed by atoms with E-state index in [1.807, 2.05) is 6.07 Å². The summed E-state index contributed by atoms with van der Waals surface area (Å²) >= 11 is 0. The number of amides is 1. The fraction of sp³-hybridized carbons (Fsp3) is 0.400. The molecule has 0 aromatic carbocycles. The van der Waals surface area contributed by atoms with Crippen LogP contribution in [0, 0.1) is 0 Å². The van der Waals surface area contributed by atoms with Crippen LogP contribution in [0.3, 0.4) is 0 Å². The van der Waals surface area contributed by atoms with Crippen molar-refractivity contribution in [2.24, 2.45) is 0 Å². The maximum atomic E-state index is 12.3. The number of carbonyl (C=O) groups excluding carboxylic acids is 1. The van der Waals surface area contributed by atoms with E-state index >= 15 is 0 Å². The van der Waals surface area contributed by atoms with Crippen molar-refractivity contribution in [1.82, 2.24) is 15.3 Å². The second-order valence-corrected chi connectivity index (χ2v) is 5.07. The molecule has 21 heavy (non-hydrogen) atoms. The highest BCUT2D eigenvalue weighted by molar-refractivity contribution is 6.01. The number of nitrogens with one attached hydrogen (secondary N) is 2. The first-order valence-corrected chi connectivity index (χ1v) is 7.12. The zero-order valence-electron chi connectivity index (χ0n) is 11.9. The number of hydrogen-bond acceptors (Lipinski definition) is 5. The zero-order valence-corrected chi connectivity index (χ0v) is 11.9. The van der Waals surface area contributed by atoms with Gasteiger partial charge >= 0.3 is 0 Å². The van der Waals surface area contributed by atoms with Crippen molar-refractivity contribution in [3.63, 3.8) is 0 Å². The molecule has 6 nitrogen and oxygen atoms in total. The van der Waals surface area contributed by atoms with Gasteiger partial charge in [0.2, 0.25) is 11.8 Å². The first kappa shape index (κ1) is 13.8. The number of rotatable bonds is 3. The SMILES string of the molecule is COc1ccc2nccc(NC(=O)C3CCCCN3)c2n1. The highest BCUT2D eigenvalue weighted by Crippen LogP contribution is 2.22. The minimum absolute atomic E-state index is 0.0215. The number of piperidine rings is 1. The van der Waals surface area contributed by atoms with Gasteiger partial charge in [-0.1, -0.05) is 6.42 Å². The van der Waals surface area contributed by atoms with Crippen LogP contribution in [0.1, 0.15) is 19.3 Å². The van der Waals surface area contributed by atoms with Gasteiger partial charge < -0.3 is 15.4 Å². The maximum Gasteiger partial charge on any atom is 0.241 e. The molecule has 0 saturated carbocycles. The van der Waals surface area contributed by atoms with Crippen molar-refractivity contribution in [2.75, 3.05) is 19.0 Å². The number of nitrogens with zero attached hydrogens (tertiary/aromatic N) is 2. The van der Waals surface area contributed by atoms with Gasteiger partial charge in [-0.25, -0.2) is 4.98 Å². The van der Waals surface area contributed by atoms with Gasteiger partial charge in [-0.15, -0.1) is 0 Å². The van der Waals surface area contributed by atoms with E-state index in [1.165, 1.54) is 0 Å². The molecule has 1 saturated heterocycles. The summed E-state index contributed by atoms with van der Waals surface area (Å²) in [4.78, 5) is 20.9. The predicted molar refractivity (Wildman–Crippen MR) is 80.4 cm³/mol. The molecule has 2 aromatic heterocycles. The average Bonchev–Trinajstić information content (AvgIpc) is 2.55. The van der Waals surface area contributed by atoms with Crippen LogP contribution in [0.4, 0.5) is 5.69 Å². The molecule has 3 rings (SSSR count). The summed E-state index contributed by atoms with van der Waals surface area (Å²) in [5.74, 6) is 0.480. The summed E-state index contributed by atoms with van der Waals surface area (Å²) in [6.07, 6.45) is 4.74. The summed E-state index contributed by atoms with van der Waals surface area (Å²) in [5.41, 5.74) is 2.03. The van der Waals surface area contributed by atoms with Gasteiger partial charge in [-0.05, 0) is 31.5 Å². The van der Waals surface area contributed by atoms with Gasteiger partial charge in [0.25, 0.3) is 0 Å². The van der Waals surface area contributed by atoms with E-state index in [4.69, 9.17) is 4.74 Å². The fourth-order valence-corrected chi connectivity index (χ4v) is 2.52. The van der Waals surface area contributed by atoms with Crippen LogP contribution in [0.25, 0.3) is 11.0 Å². The second-order valence-electron chi connectivity index (χ2n) is 5.07. The Bertz CT molecular complexity index is 653. The Morgan fingerprint density at radius 1 is 1.38 bits per heavy atom. The molecule has 1 amide bonds. The van der Waals surface area contributed by atoms with Crippen LogP contribution < -0.4 is 15.4 Å². The number of methoxy groups -OCH3 is 1. The van der Waals surface area contributed by atoms with E-state index in [0.29, 0.717) is 17.1 Å². The summed E-state index contributed by atoms with van der Waals surface area (Å²) in [6.45, 7) is 0.890. The minimum atomic E-state index is -0.132.